The predicted molar refractivity (Wildman–Crippen MR) is 87.4 cm³/mol. The first-order valence-corrected chi connectivity index (χ1v) is 7.68. The summed E-state index contributed by atoms with van der Waals surface area (Å²) in [5.41, 5.74) is -1.37. The maximum Gasteiger partial charge on any atom is 0.332 e. The van der Waals surface area contributed by atoms with Gasteiger partial charge in [0, 0.05) is 14.1 Å². The first-order valence-electron chi connectivity index (χ1n) is 7.68. The molecule has 3 rings (SSSR count). The van der Waals surface area contributed by atoms with Gasteiger partial charge >= 0.3 is 5.69 Å². The summed E-state index contributed by atoms with van der Waals surface area (Å²) in [6.45, 7) is 0. The molecule has 0 atom stereocenters. The van der Waals surface area contributed by atoms with Crippen molar-refractivity contribution >= 4 is 22.6 Å². The molecule has 1 saturated carbocycles. The van der Waals surface area contributed by atoms with Crippen LogP contribution in [0.2, 0.25) is 0 Å². The van der Waals surface area contributed by atoms with Crippen molar-refractivity contribution in [2.24, 2.45) is 19.5 Å². The second-order valence-corrected chi connectivity index (χ2v) is 6.16. The number of anilines is 1. The molecule has 0 unspecified atom stereocenters. The summed E-state index contributed by atoms with van der Waals surface area (Å²) >= 11 is 0. The molecule has 8 nitrogen and oxygen atoms in total. The van der Waals surface area contributed by atoms with E-state index in [9.17, 15) is 19.6 Å². The fraction of sp³-hybridized carbons (Fsp3) is 0.438. The Morgan fingerprint density at radius 1 is 1.29 bits per heavy atom. The Kier molecular flexibility index (Phi) is 3.72. The molecule has 0 radical (unpaired) electrons. The number of carbonyl (C=O) groups excluding carboxylic acids is 1. The lowest BCUT2D eigenvalue weighted by Crippen LogP contribution is -2.37. The topological polar surface area (TPSA) is 110 Å². The molecule has 0 saturated heterocycles. The normalized spacial score (nSPS) is 16.0. The van der Waals surface area contributed by atoms with E-state index in [1.165, 1.54) is 30.9 Å². The van der Waals surface area contributed by atoms with Gasteiger partial charge in [0.05, 0.1) is 23.3 Å². The largest absolute Gasteiger partial charge is 0.332 e. The third-order valence-corrected chi connectivity index (χ3v) is 4.66. The van der Waals surface area contributed by atoms with Crippen LogP contribution in [0.4, 0.5) is 5.69 Å². The molecule has 2 heterocycles. The lowest BCUT2D eigenvalue weighted by Gasteiger charge is -2.19. The molecule has 2 aromatic rings. The van der Waals surface area contributed by atoms with E-state index in [0.29, 0.717) is 18.5 Å². The molecule has 1 aliphatic rings. The van der Waals surface area contributed by atoms with Crippen LogP contribution in [0.25, 0.3) is 11.0 Å². The fourth-order valence-electron chi connectivity index (χ4n) is 3.15. The third-order valence-electron chi connectivity index (χ3n) is 4.66. The number of amides is 1. The van der Waals surface area contributed by atoms with Crippen molar-refractivity contribution < 1.29 is 4.79 Å². The van der Waals surface area contributed by atoms with Gasteiger partial charge in [-0.1, -0.05) is 12.8 Å². The lowest BCUT2D eigenvalue weighted by molar-refractivity contribution is -0.122. The van der Waals surface area contributed by atoms with Crippen LogP contribution >= 0.6 is 0 Å². The average molecular weight is 327 g/mol. The second-order valence-electron chi connectivity index (χ2n) is 6.16. The van der Waals surface area contributed by atoms with Gasteiger partial charge in [-0.3, -0.25) is 18.7 Å². The Labute approximate surface area is 137 Å². The molecule has 0 bridgehead atoms. The van der Waals surface area contributed by atoms with Crippen molar-refractivity contribution in [2.75, 3.05) is 5.32 Å². The van der Waals surface area contributed by atoms with Gasteiger partial charge in [0.15, 0.2) is 0 Å². The molecule has 0 aromatic carbocycles. The van der Waals surface area contributed by atoms with Crippen LogP contribution in [0.3, 0.4) is 0 Å². The maximum atomic E-state index is 12.5. The van der Waals surface area contributed by atoms with Crippen molar-refractivity contribution in [3.63, 3.8) is 0 Å². The molecule has 1 aliphatic carbocycles. The van der Waals surface area contributed by atoms with Crippen molar-refractivity contribution in [1.82, 2.24) is 14.1 Å². The quantitative estimate of drug-likeness (QED) is 0.871. The first-order chi connectivity index (χ1) is 11.4. The number of nitrogens with one attached hydrogen (secondary N) is 1. The number of carbonyl (C=O) groups is 1. The summed E-state index contributed by atoms with van der Waals surface area (Å²) in [5.74, 6) is -0.370. The number of hydrogen-bond acceptors (Lipinski definition) is 5. The minimum absolute atomic E-state index is 0.231. The minimum atomic E-state index is -1.01. The summed E-state index contributed by atoms with van der Waals surface area (Å²) in [6.07, 6.45) is 4.15. The summed E-state index contributed by atoms with van der Waals surface area (Å²) in [7, 11) is 2.91. The smallest absolute Gasteiger partial charge is 0.323 e. The van der Waals surface area contributed by atoms with Crippen LogP contribution in [0.5, 0.6) is 0 Å². The number of pyridine rings is 1. The zero-order valence-electron chi connectivity index (χ0n) is 13.5. The van der Waals surface area contributed by atoms with Crippen molar-refractivity contribution in [3.8, 4) is 6.07 Å². The molecule has 24 heavy (non-hydrogen) atoms. The molecule has 0 spiro atoms. The number of hydrogen-bond donors (Lipinski definition) is 1. The van der Waals surface area contributed by atoms with Crippen molar-refractivity contribution in [3.05, 3.63) is 33.1 Å². The van der Waals surface area contributed by atoms with Crippen molar-refractivity contribution in [1.29, 1.82) is 5.26 Å². The number of nitrogens with zero attached hydrogens (tertiary/aromatic N) is 4. The number of rotatable bonds is 2. The first kappa shape index (κ1) is 15.9. The van der Waals surface area contributed by atoms with Gasteiger partial charge in [-0.05, 0) is 18.9 Å². The summed E-state index contributed by atoms with van der Waals surface area (Å²) in [4.78, 5) is 40.8. The molecule has 1 N–H and O–H groups in total. The van der Waals surface area contributed by atoms with Gasteiger partial charge in [0.2, 0.25) is 5.91 Å². The zero-order chi connectivity index (χ0) is 17.5. The molecular weight excluding hydrogens is 310 g/mol. The standard InChI is InChI=1S/C16H17N5O3/c1-20-12-11(13(22)21(2)15(20)24)7-10(8-18-12)19-14(23)16(9-17)5-3-4-6-16/h7-8H,3-6H2,1-2H3,(H,19,23). The highest BCUT2D eigenvalue weighted by Crippen LogP contribution is 2.38. The SMILES string of the molecule is Cn1c(=O)c2cc(NC(=O)C3(C#N)CCCC3)cnc2n(C)c1=O. The highest BCUT2D eigenvalue weighted by Gasteiger charge is 2.41. The van der Waals surface area contributed by atoms with Crippen LogP contribution in [0, 0.1) is 16.7 Å². The number of nitriles is 1. The summed E-state index contributed by atoms with van der Waals surface area (Å²) in [5, 5.41) is 12.3. The van der Waals surface area contributed by atoms with Crippen LogP contribution < -0.4 is 16.6 Å². The molecule has 0 aliphatic heterocycles. The van der Waals surface area contributed by atoms with Gasteiger partial charge in [-0.2, -0.15) is 5.26 Å². The molecule has 1 amide bonds. The molecular formula is C16H17N5O3. The van der Waals surface area contributed by atoms with E-state index >= 15 is 0 Å². The molecule has 2 aromatic heterocycles. The van der Waals surface area contributed by atoms with Gasteiger partial charge in [0.1, 0.15) is 11.1 Å². The van der Waals surface area contributed by atoms with E-state index in [2.05, 4.69) is 16.4 Å². The van der Waals surface area contributed by atoms with E-state index in [1.54, 1.807) is 0 Å². The van der Waals surface area contributed by atoms with E-state index in [-0.39, 0.29) is 16.9 Å². The lowest BCUT2D eigenvalue weighted by atomic mass is 9.87. The summed E-state index contributed by atoms with van der Waals surface area (Å²) in [6, 6.07) is 3.62. The van der Waals surface area contributed by atoms with Crippen LogP contribution in [0.1, 0.15) is 25.7 Å². The predicted octanol–water partition coefficient (Wildman–Crippen LogP) is 0.655. The Morgan fingerprint density at radius 3 is 2.58 bits per heavy atom. The average Bonchev–Trinajstić information content (AvgIpc) is 3.08. The molecule has 124 valence electrons. The molecule has 1 fully saturated rings. The monoisotopic (exact) mass is 327 g/mol. The third kappa shape index (κ3) is 2.29. The highest BCUT2D eigenvalue weighted by atomic mass is 16.2. The van der Waals surface area contributed by atoms with E-state index in [4.69, 9.17) is 0 Å². The highest BCUT2D eigenvalue weighted by molar-refractivity contribution is 5.98. The van der Waals surface area contributed by atoms with Gasteiger partial charge in [0.25, 0.3) is 5.56 Å². The number of aryl methyl sites for hydroxylation is 1. The van der Waals surface area contributed by atoms with Crippen LogP contribution in [0.15, 0.2) is 21.9 Å². The maximum absolute atomic E-state index is 12.5. The molecule has 8 heteroatoms. The van der Waals surface area contributed by atoms with Crippen LogP contribution in [-0.2, 0) is 18.9 Å². The Balaban J connectivity index is 2.03. The fourth-order valence-corrected chi connectivity index (χ4v) is 3.15. The Bertz CT molecular complexity index is 990. The second kappa shape index (κ2) is 5.60. The Morgan fingerprint density at radius 2 is 1.96 bits per heavy atom. The van der Waals surface area contributed by atoms with Crippen molar-refractivity contribution in [2.45, 2.75) is 25.7 Å². The van der Waals surface area contributed by atoms with E-state index in [0.717, 1.165) is 17.4 Å². The van der Waals surface area contributed by atoms with Gasteiger partial charge < -0.3 is 5.32 Å². The van der Waals surface area contributed by atoms with Crippen LogP contribution in [-0.4, -0.2) is 20.0 Å². The van der Waals surface area contributed by atoms with Gasteiger partial charge in [-0.25, -0.2) is 9.78 Å². The summed E-state index contributed by atoms with van der Waals surface area (Å²) < 4.78 is 2.26. The number of aromatic nitrogens is 3. The zero-order valence-corrected chi connectivity index (χ0v) is 13.5. The van der Waals surface area contributed by atoms with E-state index in [1.807, 2.05) is 0 Å². The minimum Gasteiger partial charge on any atom is -0.323 e. The van der Waals surface area contributed by atoms with Gasteiger partial charge in [-0.15, -0.1) is 0 Å². The number of fused-ring (bicyclic) bond motifs is 1. The van der Waals surface area contributed by atoms with E-state index < -0.39 is 16.7 Å². The Hall–Kier alpha value is -2.95.